The summed E-state index contributed by atoms with van der Waals surface area (Å²) in [5, 5.41) is 3.34. The number of hydrogen-bond donors (Lipinski definition) is 0. The molecule has 71 valence electrons. The molecule has 0 bridgehead atoms. The second-order valence-electron chi connectivity index (χ2n) is 3.13. The number of hydrogen-bond acceptors (Lipinski definition) is 4. The van der Waals surface area contributed by atoms with Gasteiger partial charge in [-0.1, -0.05) is 18.3 Å². The third-order valence-corrected chi connectivity index (χ3v) is 2.53. The standard InChI is InChI=1S/C9H7N2O2S/c12-7-4-5(9(13)11-7)8-6(14)2-1-3-10-8/h1,3,5H,2,4H2. The Hall–Kier alpha value is -1.36. The van der Waals surface area contributed by atoms with E-state index in [1.54, 1.807) is 6.20 Å². The largest absolute Gasteiger partial charge is 0.272 e. The molecule has 1 saturated heterocycles. The molecular formula is C9H7N2O2S. The first kappa shape index (κ1) is 9.21. The van der Waals surface area contributed by atoms with E-state index in [2.05, 4.69) is 10.3 Å². The highest BCUT2D eigenvalue weighted by atomic mass is 32.1. The van der Waals surface area contributed by atoms with Gasteiger partial charge in [0, 0.05) is 23.9 Å². The molecule has 5 heteroatoms. The monoisotopic (exact) mass is 207 g/mol. The van der Waals surface area contributed by atoms with Crippen LogP contribution < -0.4 is 5.32 Å². The van der Waals surface area contributed by atoms with Gasteiger partial charge in [-0.15, -0.1) is 0 Å². The van der Waals surface area contributed by atoms with E-state index in [4.69, 9.17) is 12.2 Å². The van der Waals surface area contributed by atoms with Gasteiger partial charge in [0.25, 0.3) is 5.91 Å². The Morgan fingerprint density at radius 2 is 2.21 bits per heavy atom. The first-order chi connectivity index (χ1) is 6.68. The molecule has 1 atom stereocenters. The summed E-state index contributed by atoms with van der Waals surface area (Å²) < 4.78 is 0. The summed E-state index contributed by atoms with van der Waals surface area (Å²) in [5.41, 5.74) is 0.544. The van der Waals surface area contributed by atoms with Crippen LogP contribution in [0.4, 0.5) is 0 Å². The van der Waals surface area contributed by atoms with Crippen molar-refractivity contribution in [3.8, 4) is 0 Å². The average Bonchev–Trinajstić information content (AvgIpc) is 2.46. The molecule has 2 heterocycles. The van der Waals surface area contributed by atoms with Gasteiger partial charge in [-0.2, -0.15) is 5.32 Å². The van der Waals surface area contributed by atoms with Gasteiger partial charge in [-0.25, -0.2) is 0 Å². The van der Waals surface area contributed by atoms with Gasteiger partial charge in [0.1, 0.15) is 0 Å². The maximum atomic E-state index is 11.3. The first-order valence-corrected chi connectivity index (χ1v) is 4.63. The molecule has 1 fully saturated rings. The van der Waals surface area contributed by atoms with Crippen LogP contribution in [0, 0.1) is 5.92 Å². The lowest BCUT2D eigenvalue weighted by Crippen LogP contribution is -2.28. The lowest BCUT2D eigenvalue weighted by atomic mass is 9.96. The number of carbonyl (C=O) groups is 2. The molecule has 0 aromatic carbocycles. The van der Waals surface area contributed by atoms with Crippen LogP contribution >= 0.6 is 12.2 Å². The SMILES string of the molecule is O=C1CC(C2=NC=CCC2=S)C(=O)[N]1. The van der Waals surface area contributed by atoms with Crippen LogP contribution in [-0.4, -0.2) is 22.4 Å². The van der Waals surface area contributed by atoms with Crippen LogP contribution in [0.2, 0.25) is 0 Å². The first-order valence-electron chi connectivity index (χ1n) is 4.23. The molecule has 0 aliphatic carbocycles. The van der Waals surface area contributed by atoms with Crippen LogP contribution in [0.15, 0.2) is 17.3 Å². The molecule has 0 spiro atoms. The molecule has 1 unspecified atom stereocenters. The smallest absolute Gasteiger partial charge is 0.258 e. The van der Waals surface area contributed by atoms with E-state index in [1.165, 1.54) is 0 Å². The minimum absolute atomic E-state index is 0.117. The van der Waals surface area contributed by atoms with Gasteiger partial charge >= 0.3 is 0 Å². The van der Waals surface area contributed by atoms with E-state index in [9.17, 15) is 9.59 Å². The van der Waals surface area contributed by atoms with Crippen molar-refractivity contribution in [3.63, 3.8) is 0 Å². The molecule has 0 aromatic rings. The van der Waals surface area contributed by atoms with Gasteiger partial charge in [0.2, 0.25) is 5.91 Å². The molecule has 2 rings (SSSR count). The van der Waals surface area contributed by atoms with E-state index in [-0.39, 0.29) is 12.3 Å². The summed E-state index contributed by atoms with van der Waals surface area (Å²) in [5.74, 6) is -1.31. The normalized spacial score (nSPS) is 26.4. The predicted molar refractivity (Wildman–Crippen MR) is 54.0 cm³/mol. The zero-order valence-corrected chi connectivity index (χ0v) is 8.08. The van der Waals surface area contributed by atoms with Crippen LogP contribution in [0.5, 0.6) is 0 Å². The number of aliphatic imine (C=N–C) groups is 1. The van der Waals surface area contributed by atoms with E-state index >= 15 is 0 Å². The molecule has 2 amide bonds. The number of allylic oxidation sites excluding steroid dienone is 1. The molecular weight excluding hydrogens is 200 g/mol. The van der Waals surface area contributed by atoms with Gasteiger partial charge in [-0.3, -0.25) is 14.6 Å². The van der Waals surface area contributed by atoms with Crippen molar-refractivity contribution in [2.24, 2.45) is 10.9 Å². The summed E-state index contributed by atoms with van der Waals surface area (Å²) in [7, 11) is 0. The number of amides is 2. The lowest BCUT2D eigenvalue weighted by molar-refractivity contribution is -0.125. The second kappa shape index (κ2) is 3.42. The quantitative estimate of drug-likeness (QED) is 0.461. The van der Waals surface area contributed by atoms with E-state index < -0.39 is 11.8 Å². The van der Waals surface area contributed by atoms with Crippen LogP contribution in [0.25, 0.3) is 0 Å². The molecule has 2 aliphatic heterocycles. The van der Waals surface area contributed by atoms with Crippen molar-refractivity contribution in [2.45, 2.75) is 12.8 Å². The molecule has 4 nitrogen and oxygen atoms in total. The summed E-state index contributed by atoms with van der Waals surface area (Å²) in [6.07, 6.45) is 4.17. The Morgan fingerprint density at radius 1 is 1.43 bits per heavy atom. The summed E-state index contributed by atoms with van der Waals surface area (Å²) >= 11 is 5.07. The van der Waals surface area contributed by atoms with Crippen LogP contribution in [0.3, 0.4) is 0 Å². The maximum absolute atomic E-state index is 11.3. The number of rotatable bonds is 1. The average molecular weight is 207 g/mol. The van der Waals surface area contributed by atoms with Crippen molar-refractivity contribution in [1.29, 1.82) is 0 Å². The Balaban J connectivity index is 2.26. The topological polar surface area (TPSA) is 60.6 Å². The fraction of sp³-hybridized carbons (Fsp3) is 0.333. The van der Waals surface area contributed by atoms with Crippen molar-refractivity contribution >= 4 is 34.6 Å². The molecule has 1 radical (unpaired) electrons. The molecule has 0 saturated carbocycles. The van der Waals surface area contributed by atoms with Crippen molar-refractivity contribution in [3.05, 3.63) is 12.3 Å². The van der Waals surface area contributed by atoms with Crippen molar-refractivity contribution in [2.75, 3.05) is 0 Å². The minimum Gasteiger partial charge on any atom is -0.272 e. The highest BCUT2D eigenvalue weighted by Crippen LogP contribution is 2.18. The highest BCUT2D eigenvalue weighted by molar-refractivity contribution is 7.82. The van der Waals surface area contributed by atoms with Crippen molar-refractivity contribution < 1.29 is 9.59 Å². The lowest BCUT2D eigenvalue weighted by Gasteiger charge is -2.12. The number of thiocarbonyl (C=S) groups is 1. The predicted octanol–water partition coefficient (Wildman–Crippen LogP) is 0.392. The Labute approximate surface area is 86.1 Å². The van der Waals surface area contributed by atoms with Crippen LogP contribution in [-0.2, 0) is 9.59 Å². The molecule has 14 heavy (non-hydrogen) atoms. The number of imide groups is 1. The van der Waals surface area contributed by atoms with E-state index in [1.807, 2.05) is 6.08 Å². The van der Waals surface area contributed by atoms with Gasteiger partial charge < -0.3 is 0 Å². The highest BCUT2D eigenvalue weighted by Gasteiger charge is 2.37. The Bertz CT molecular complexity index is 384. The van der Waals surface area contributed by atoms with Gasteiger partial charge in [-0.05, 0) is 0 Å². The van der Waals surface area contributed by atoms with Crippen molar-refractivity contribution in [1.82, 2.24) is 5.32 Å². The fourth-order valence-electron chi connectivity index (χ4n) is 1.48. The summed E-state index contributed by atoms with van der Waals surface area (Å²) in [4.78, 5) is 26.9. The molecule has 0 N–H and O–H groups in total. The number of nitrogens with zero attached hydrogens (tertiary/aromatic N) is 2. The van der Waals surface area contributed by atoms with Gasteiger partial charge in [0.05, 0.1) is 11.6 Å². The third-order valence-electron chi connectivity index (χ3n) is 2.15. The number of carbonyl (C=O) groups excluding carboxylic acids is 2. The summed E-state index contributed by atoms with van der Waals surface area (Å²) in [6.45, 7) is 0. The summed E-state index contributed by atoms with van der Waals surface area (Å²) in [6, 6.07) is 0. The Morgan fingerprint density at radius 3 is 2.79 bits per heavy atom. The van der Waals surface area contributed by atoms with E-state index in [0.717, 1.165) is 0 Å². The zero-order valence-electron chi connectivity index (χ0n) is 7.27. The maximum Gasteiger partial charge on any atom is 0.258 e. The fourth-order valence-corrected chi connectivity index (χ4v) is 1.77. The van der Waals surface area contributed by atoms with Crippen LogP contribution in [0.1, 0.15) is 12.8 Å². The van der Waals surface area contributed by atoms with Gasteiger partial charge in [0.15, 0.2) is 0 Å². The zero-order chi connectivity index (χ0) is 10.1. The minimum atomic E-state index is -0.528. The molecule has 0 aromatic heterocycles. The molecule has 2 aliphatic rings. The second-order valence-corrected chi connectivity index (χ2v) is 3.62. The Kier molecular flexibility index (Phi) is 2.25. The van der Waals surface area contributed by atoms with E-state index in [0.29, 0.717) is 17.0 Å². The third kappa shape index (κ3) is 1.50.